The van der Waals surface area contributed by atoms with Gasteiger partial charge in [-0.15, -0.1) is 22.9 Å². The molecule has 17 heavy (non-hydrogen) atoms. The minimum absolute atomic E-state index is 0.0382. The Morgan fingerprint density at radius 1 is 1.53 bits per heavy atom. The van der Waals surface area contributed by atoms with Crippen LogP contribution < -0.4 is 5.56 Å². The fraction of sp³-hybridized carbons (Fsp3) is 0.500. The Morgan fingerprint density at radius 2 is 2.24 bits per heavy atom. The number of aryl methyl sites for hydroxylation is 1. The molecule has 0 aromatic carbocycles. The molecule has 1 saturated carbocycles. The van der Waals surface area contributed by atoms with Crippen LogP contribution in [-0.2, 0) is 0 Å². The second-order valence-corrected chi connectivity index (χ2v) is 6.45. The van der Waals surface area contributed by atoms with Gasteiger partial charge in [0.25, 0.3) is 5.56 Å². The van der Waals surface area contributed by atoms with Gasteiger partial charge in [-0.25, -0.2) is 4.98 Å². The Morgan fingerprint density at radius 3 is 2.82 bits per heavy atom. The summed E-state index contributed by atoms with van der Waals surface area (Å²) in [6.07, 6.45) is 2.39. The van der Waals surface area contributed by atoms with E-state index in [0.29, 0.717) is 11.7 Å². The topological polar surface area (TPSA) is 45.8 Å². The van der Waals surface area contributed by atoms with Crippen LogP contribution in [0.2, 0.25) is 0 Å². The number of hydrogen-bond donors (Lipinski definition) is 1. The molecule has 0 saturated heterocycles. The van der Waals surface area contributed by atoms with Crippen molar-refractivity contribution in [3.63, 3.8) is 0 Å². The van der Waals surface area contributed by atoms with Gasteiger partial charge in [-0.1, -0.05) is 0 Å². The van der Waals surface area contributed by atoms with E-state index in [2.05, 4.69) is 16.9 Å². The van der Waals surface area contributed by atoms with Crippen molar-refractivity contribution in [1.29, 1.82) is 0 Å². The van der Waals surface area contributed by atoms with Gasteiger partial charge < -0.3 is 4.98 Å². The molecule has 3 rings (SSSR count). The maximum atomic E-state index is 12.1. The molecular formula is C12H13ClN2OS. The first kappa shape index (κ1) is 11.2. The molecule has 5 heteroatoms. The highest BCUT2D eigenvalue weighted by atomic mass is 35.5. The zero-order valence-electron chi connectivity index (χ0n) is 9.71. The van der Waals surface area contributed by atoms with Gasteiger partial charge >= 0.3 is 0 Å². The molecule has 0 bridgehead atoms. The van der Waals surface area contributed by atoms with Crippen LogP contribution in [0.15, 0.2) is 4.79 Å². The van der Waals surface area contributed by atoms with Gasteiger partial charge in [0, 0.05) is 4.88 Å². The minimum atomic E-state index is -0.265. The van der Waals surface area contributed by atoms with E-state index in [1.165, 1.54) is 23.3 Å². The number of nitrogens with zero attached hydrogens (tertiary/aromatic N) is 1. The highest BCUT2D eigenvalue weighted by Gasteiger charge is 2.30. The van der Waals surface area contributed by atoms with Crippen LogP contribution in [0.25, 0.3) is 10.2 Å². The Bertz CT molecular complexity index is 640. The molecule has 1 unspecified atom stereocenters. The predicted octanol–water partition coefficient (Wildman–Crippen LogP) is 3.47. The molecule has 2 aromatic heterocycles. The molecule has 1 fully saturated rings. The van der Waals surface area contributed by atoms with Gasteiger partial charge in [-0.05, 0) is 38.2 Å². The third kappa shape index (κ3) is 1.79. The minimum Gasteiger partial charge on any atom is -0.309 e. The van der Waals surface area contributed by atoms with E-state index in [4.69, 9.17) is 11.6 Å². The third-order valence-electron chi connectivity index (χ3n) is 3.17. The molecule has 2 aromatic rings. The largest absolute Gasteiger partial charge is 0.309 e. The SMILES string of the molecule is Cc1sc2nc(C(C)Cl)[nH]c(=O)c2c1C1CC1. The second kappa shape index (κ2) is 3.82. The number of fused-ring (bicyclic) bond motifs is 1. The van der Waals surface area contributed by atoms with E-state index < -0.39 is 0 Å². The highest BCUT2D eigenvalue weighted by Crippen LogP contribution is 2.46. The van der Waals surface area contributed by atoms with Gasteiger partial charge in [0.05, 0.1) is 10.8 Å². The maximum absolute atomic E-state index is 12.1. The summed E-state index contributed by atoms with van der Waals surface area (Å²) in [5.74, 6) is 1.14. The highest BCUT2D eigenvalue weighted by molar-refractivity contribution is 7.18. The van der Waals surface area contributed by atoms with Crippen LogP contribution in [0, 0.1) is 6.92 Å². The van der Waals surface area contributed by atoms with Crippen molar-refractivity contribution in [3.05, 3.63) is 26.6 Å². The standard InChI is InChI=1S/C12H13ClN2OS/c1-5(13)10-14-11(16)9-8(7-3-4-7)6(2)17-12(9)15-10/h5,7H,3-4H2,1-2H3,(H,14,15,16). The van der Waals surface area contributed by atoms with E-state index >= 15 is 0 Å². The molecule has 1 aliphatic rings. The molecule has 0 aliphatic heterocycles. The van der Waals surface area contributed by atoms with Crippen LogP contribution >= 0.6 is 22.9 Å². The number of hydrogen-bond acceptors (Lipinski definition) is 3. The summed E-state index contributed by atoms with van der Waals surface area (Å²) in [5, 5.41) is 0.523. The summed E-state index contributed by atoms with van der Waals surface area (Å²) < 4.78 is 0. The zero-order chi connectivity index (χ0) is 12.2. The van der Waals surface area contributed by atoms with E-state index in [1.54, 1.807) is 11.3 Å². The Labute approximate surface area is 108 Å². The Hall–Kier alpha value is -0.870. The number of aromatic amines is 1. The van der Waals surface area contributed by atoms with Gasteiger partial charge in [0.1, 0.15) is 10.7 Å². The molecule has 2 heterocycles. The number of nitrogens with one attached hydrogen (secondary N) is 1. The quantitative estimate of drug-likeness (QED) is 0.848. The van der Waals surface area contributed by atoms with Gasteiger partial charge in [-0.3, -0.25) is 4.79 Å². The molecule has 1 atom stereocenters. The molecular weight excluding hydrogens is 256 g/mol. The zero-order valence-corrected chi connectivity index (χ0v) is 11.3. The lowest BCUT2D eigenvalue weighted by Crippen LogP contribution is -2.12. The van der Waals surface area contributed by atoms with Crippen molar-refractivity contribution in [1.82, 2.24) is 9.97 Å². The second-order valence-electron chi connectivity index (χ2n) is 4.59. The third-order valence-corrected chi connectivity index (χ3v) is 4.39. The van der Waals surface area contributed by atoms with E-state index in [0.717, 1.165) is 10.2 Å². The summed E-state index contributed by atoms with van der Waals surface area (Å²) in [4.78, 5) is 21.4. The van der Waals surface area contributed by atoms with E-state index in [9.17, 15) is 4.79 Å². The van der Waals surface area contributed by atoms with Gasteiger partial charge in [0.2, 0.25) is 0 Å². The van der Waals surface area contributed by atoms with Crippen LogP contribution in [0.5, 0.6) is 0 Å². The fourth-order valence-electron chi connectivity index (χ4n) is 2.21. The lowest BCUT2D eigenvalue weighted by molar-refractivity contribution is 0.915. The lowest BCUT2D eigenvalue weighted by Gasteiger charge is -2.02. The Kier molecular flexibility index (Phi) is 2.52. The summed E-state index contributed by atoms with van der Waals surface area (Å²) in [7, 11) is 0. The average molecular weight is 269 g/mol. The van der Waals surface area contributed by atoms with Gasteiger partial charge in [0.15, 0.2) is 0 Å². The molecule has 0 spiro atoms. The van der Waals surface area contributed by atoms with Gasteiger partial charge in [-0.2, -0.15) is 0 Å². The molecule has 90 valence electrons. The maximum Gasteiger partial charge on any atom is 0.259 e. The number of halogens is 1. The summed E-state index contributed by atoms with van der Waals surface area (Å²) in [6.45, 7) is 3.89. The van der Waals surface area contributed by atoms with Crippen LogP contribution in [0.4, 0.5) is 0 Å². The lowest BCUT2D eigenvalue weighted by atomic mass is 10.1. The fourth-order valence-corrected chi connectivity index (χ4v) is 3.43. The van der Waals surface area contributed by atoms with Crippen molar-refractivity contribution in [2.75, 3.05) is 0 Å². The van der Waals surface area contributed by atoms with Crippen molar-refractivity contribution < 1.29 is 0 Å². The first-order chi connectivity index (χ1) is 8.08. The summed E-state index contributed by atoms with van der Waals surface area (Å²) in [5.41, 5.74) is 1.18. The van der Waals surface area contributed by atoms with Crippen molar-refractivity contribution >= 4 is 33.2 Å². The van der Waals surface area contributed by atoms with Crippen LogP contribution in [0.1, 0.15) is 47.3 Å². The molecule has 0 amide bonds. The number of thiophene rings is 1. The number of rotatable bonds is 2. The first-order valence-electron chi connectivity index (χ1n) is 5.75. The van der Waals surface area contributed by atoms with Crippen molar-refractivity contribution in [2.24, 2.45) is 0 Å². The van der Waals surface area contributed by atoms with Crippen LogP contribution in [0.3, 0.4) is 0 Å². The van der Waals surface area contributed by atoms with E-state index in [-0.39, 0.29) is 10.9 Å². The van der Waals surface area contributed by atoms with Crippen LogP contribution in [-0.4, -0.2) is 9.97 Å². The summed E-state index contributed by atoms with van der Waals surface area (Å²) in [6, 6.07) is 0. The van der Waals surface area contributed by atoms with E-state index in [1.807, 2.05) is 6.92 Å². The number of H-pyrrole nitrogens is 1. The summed E-state index contributed by atoms with van der Waals surface area (Å²) >= 11 is 7.57. The molecule has 3 nitrogen and oxygen atoms in total. The van der Waals surface area contributed by atoms with Crippen molar-refractivity contribution in [2.45, 2.75) is 38.0 Å². The predicted molar refractivity (Wildman–Crippen MR) is 71.2 cm³/mol. The normalized spacial score (nSPS) is 17.6. The monoisotopic (exact) mass is 268 g/mol. The Balaban J connectivity index is 2.32. The molecule has 0 radical (unpaired) electrons. The molecule has 1 aliphatic carbocycles. The average Bonchev–Trinajstić information content (AvgIpc) is 3.01. The smallest absolute Gasteiger partial charge is 0.259 e. The number of aromatic nitrogens is 2. The van der Waals surface area contributed by atoms with Crippen molar-refractivity contribution in [3.8, 4) is 0 Å². The first-order valence-corrected chi connectivity index (χ1v) is 7.00. The number of alkyl halides is 1. The molecule has 1 N–H and O–H groups in total.